The van der Waals surface area contributed by atoms with Crippen molar-refractivity contribution in [1.82, 2.24) is 9.21 Å². The lowest BCUT2D eigenvalue weighted by atomic mass is 9.79. The molecule has 0 radical (unpaired) electrons. The van der Waals surface area contributed by atoms with Crippen molar-refractivity contribution >= 4 is 10.0 Å². The number of hydrogen-bond donors (Lipinski definition) is 0. The zero-order chi connectivity index (χ0) is 17.4. The van der Waals surface area contributed by atoms with Crippen molar-refractivity contribution in [2.24, 2.45) is 5.41 Å². The highest BCUT2D eigenvalue weighted by Crippen LogP contribution is 2.40. The molecular weight excluding hydrogens is 320 g/mol. The molecule has 1 aromatic rings. The Morgan fingerprint density at radius 2 is 1.79 bits per heavy atom. The second-order valence-corrected chi connectivity index (χ2v) is 10.0. The summed E-state index contributed by atoms with van der Waals surface area (Å²) >= 11 is 0. The van der Waals surface area contributed by atoms with Gasteiger partial charge in [0.2, 0.25) is 10.0 Å². The minimum absolute atomic E-state index is 0.166. The molecule has 0 saturated carbocycles. The third-order valence-corrected chi connectivity index (χ3v) is 6.92. The van der Waals surface area contributed by atoms with Crippen LogP contribution in [0.5, 0.6) is 0 Å². The summed E-state index contributed by atoms with van der Waals surface area (Å²) in [6, 6.07) is 8.96. The van der Waals surface area contributed by atoms with E-state index in [4.69, 9.17) is 0 Å². The summed E-state index contributed by atoms with van der Waals surface area (Å²) in [5.74, 6) is 0.567. The van der Waals surface area contributed by atoms with Crippen molar-refractivity contribution in [2.45, 2.75) is 45.6 Å². The van der Waals surface area contributed by atoms with Gasteiger partial charge in [0.15, 0.2) is 0 Å². The van der Waals surface area contributed by atoms with Crippen molar-refractivity contribution in [2.75, 3.05) is 32.4 Å². The molecule has 0 N–H and O–H groups in total. The highest BCUT2D eigenvalue weighted by atomic mass is 32.2. The van der Waals surface area contributed by atoms with Gasteiger partial charge in [-0.05, 0) is 48.3 Å². The SMILES string of the molecule is CC(C)c1ccc(CN2CCC[C@]3(CCN(S(C)(=O)=O)C3)C2)cc1. The Kier molecular flexibility index (Phi) is 5.05. The molecule has 1 aromatic carbocycles. The lowest BCUT2D eigenvalue weighted by Crippen LogP contribution is -2.44. The van der Waals surface area contributed by atoms with E-state index >= 15 is 0 Å². The van der Waals surface area contributed by atoms with Crippen LogP contribution in [0.1, 0.15) is 50.2 Å². The van der Waals surface area contributed by atoms with Gasteiger partial charge in [0, 0.05) is 26.2 Å². The summed E-state index contributed by atoms with van der Waals surface area (Å²) in [4.78, 5) is 2.51. The molecule has 0 aromatic heterocycles. The quantitative estimate of drug-likeness (QED) is 0.838. The Hall–Kier alpha value is -0.910. The maximum atomic E-state index is 11.8. The van der Waals surface area contributed by atoms with Crippen LogP contribution in [0, 0.1) is 5.41 Å². The fraction of sp³-hybridized carbons (Fsp3) is 0.684. The smallest absolute Gasteiger partial charge is 0.211 e. The average molecular weight is 351 g/mol. The number of benzene rings is 1. The summed E-state index contributed by atoms with van der Waals surface area (Å²) in [7, 11) is -3.05. The highest BCUT2D eigenvalue weighted by Gasteiger charge is 2.43. The molecular formula is C19H30N2O2S. The molecule has 2 saturated heterocycles. The maximum Gasteiger partial charge on any atom is 0.211 e. The largest absolute Gasteiger partial charge is 0.298 e. The van der Waals surface area contributed by atoms with Crippen LogP contribution >= 0.6 is 0 Å². The van der Waals surface area contributed by atoms with Crippen molar-refractivity contribution in [1.29, 1.82) is 0 Å². The fourth-order valence-corrected chi connectivity index (χ4v) is 5.15. The normalized spacial score (nSPS) is 26.5. The van der Waals surface area contributed by atoms with Crippen LogP contribution in [0.4, 0.5) is 0 Å². The van der Waals surface area contributed by atoms with Gasteiger partial charge in [-0.3, -0.25) is 4.90 Å². The first-order valence-electron chi connectivity index (χ1n) is 9.04. The molecule has 5 heteroatoms. The van der Waals surface area contributed by atoms with Crippen molar-refractivity contribution < 1.29 is 8.42 Å². The highest BCUT2D eigenvalue weighted by molar-refractivity contribution is 7.88. The average Bonchev–Trinajstić information content (AvgIpc) is 2.91. The van der Waals surface area contributed by atoms with E-state index in [-0.39, 0.29) is 5.41 Å². The van der Waals surface area contributed by atoms with E-state index in [0.717, 1.165) is 32.5 Å². The summed E-state index contributed by atoms with van der Waals surface area (Å²) < 4.78 is 25.3. The number of piperidine rings is 1. The molecule has 1 atom stereocenters. The van der Waals surface area contributed by atoms with E-state index < -0.39 is 10.0 Å². The molecule has 0 amide bonds. The number of hydrogen-bond acceptors (Lipinski definition) is 3. The summed E-state index contributed by atoms with van der Waals surface area (Å²) in [6.07, 6.45) is 4.66. The van der Waals surface area contributed by atoms with Crippen molar-refractivity contribution in [3.05, 3.63) is 35.4 Å². The van der Waals surface area contributed by atoms with Gasteiger partial charge in [0.25, 0.3) is 0 Å². The third kappa shape index (κ3) is 4.01. The third-order valence-electron chi connectivity index (χ3n) is 5.67. The lowest BCUT2D eigenvalue weighted by molar-refractivity contribution is 0.0935. The summed E-state index contributed by atoms with van der Waals surface area (Å²) in [5, 5.41) is 0. The minimum atomic E-state index is -3.05. The Morgan fingerprint density at radius 3 is 2.38 bits per heavy atom. The van der Waals surface area contributed by atoms with E-state index in [1.165, 1.54) is 23.8 Å². The van der Waals surface area contributed by atoms with E-state index in [1.54, 1.807) is 4.31 Å². The zero-order valence-corrected chi connectivity index (χ0v) is 16.0. The van der Waals surface area contributed by atoms with E-state index in [0.29, 0.717) is 19.0 Å². The predicted molar refractivity (Wildman–Crippen MR) is 98.5 cm³/mol. The molecule has 0 unspecified atom stereocenters. The standard InChI is InChI=1S/C19H30N2O2S/c1-16(2)18-7-5-17(6-8-18)13-20-11-4-9-19(14-20)10-12-21(15-19)24(3,22)23/h5-8,16H,4,9-15H2,1-3H3/t19-/m0/s1. The second-order valence-electron chi connectivity index (χ2n) is 8.06. The van der Waals surface area contributed by atoms with Gasteiger partial charge in [-0.25, -0.2) is 12.7 Å². The van der Waals surface area contributed by atoms with Crippen LogP contribution < -0.4 is 0 Å². The second kappa shape index (κ2) is 6.77. The van der Waals surface area contributed by atoms with Crippen molar-refractivity contribution in [3.8, 4) is 0 Å². The number of rotatable bonds is 4. The molecule has 2 fully saturated rings. The van der Waals surface area contributed by atoms with Crippen LogP contribution in [0.3, 0.4) is 0 Å². The summed E-state index contributed by atoms with van der Waals surface area (Å²) in [6.45, 7) is 8.94. The van der Waals surface area contributed by atoms with E-state index in [9.17, 15) is 8.42 Å². The van der Waals surface area contributed by atoms with Gasteiger partial charge >= 0.3 is 0 Å². The zero-order valence-electron chi connectivity index (χ0n) is 15.2. The first-order chi connectivity index (χ1) is 11.3. The van der Waals surface area contributed by atoms with Crippen LogP contribution in [0.15, 0.2) is 24.3 Å². The van der Waals surface area contributed by atoms with Gasteiger partial charge in [0.1, 0.15) is 0 Å². The van der Waals surface area contributed by atoms with E-state index in [2.05, 4.69) is 43.0 Å². The first kappa shape index (κ1) is 17.9. The molecule has 0 aliphatic carbocycles. The Morgan fingerprint density at radius 1 is 1.08 bits per heavy atom. The van der Waals surface area contributed by atoms with E-state index in [1.807, 2.05) is 0 Å². The monoisotopic (exact) mass is 350 g/mol. The maximum absolute atomic E-state index is 11.8. The van der Waals surface area contributed by atoms with Crippen molar-refractivity contribution in [3.63, 3.8) is 0 Å². The van der Waals surface area contributed by atoms with Gasteiger partial charge in [-0.1, -0.05) is 38.1 Å². The Labute approximate surface area is 146 Å². The Bertz CT molecular complexity index is 669. The molecule has 3 rings (SSSR count). The molecule has 134 valence electrons. The Balaban J connectivity index is 1.64. The topological polar surface area (TPSA) is 40.6 Å². The summed E-state index contributed by atoms with van der Waals surface area (Å²) in [5.41, 5.74) is 2.90. The van der Waals surface area contributed by atoms with Gasteiger partial charge in [0.05, 0.1) is 6.26 Å². The van der Waals surface area contributed by atoms with Gasteiger partial charge < -0.3 is 0 Å². The molecule has 24 heavy (non-hydrogen) atoms. The van der Waals surface area contributed by atoms with Crippen LogP contribution in [0.25, 0.3) is 0 Å². The fourth-order valence-electron chi connectivity index (χ4n) is 4.22. The number of nitrogens with zero attached hydrogens (tertiary/aromatic N) is 2. The number of sulfonamides is 1. The minimum Gasteiger partial charge on any atom is -0.298 e. The molecule has 2 aliphatic rings. The molecule has 2 aliphatic heterocycles. The van der Waals surface area contributed by atoms with Gasteiger partial charge in [-0.15, -0.1) is 0 Å². The molecule has 1 spiro atoms. The van der Waals surface area contributed by atoms with Gasteiger partial charge in [-0.2, -0.15) is 0 Å². The molecule has 4 nitrogen and oxygen atoms in total. The number of likely N-dealkylation sites (tertiary alicyclic amines) is 1. The van der Waals surface area contributed by atoms with Crippen LogP contribution in [-0.2, 0) is 16.6 Å². The van der Waals surface area contributed by atoms with Crippen LogP contribution in [0.2, 0.25) is 0 Å². The molecule has 2 heterocycles. The lowest BCUT2D eigenvalue weighted by Gasteiger charge is -2.40. The first-order valence-corrected chi connectivity index (χ1v) is 10.9. The molecule has 0 bridgehead atoms. The van der Waals surface area contributed by atoms with Crippen LogP contribution in [-0.4, -0.2) is 50.1 Å². The predicted octanol–water partition coefficient (Wildman–Crippen LogP) is 3.06.